The Bertz CT molecular complexity index is 388. The summed E-state index contributed by atoms with van der Waals surface area (Å²) in [6, 6.07) is 0.371. The maximum Gasteiger partial charge on any atom is 0.213 e. The molecule has 0 aliphatic heterocycles. The second-order valence-corrected chi connectivity index (χ2v) is 7.15. The summed E-state index contributed by atoms with van der Waals surface area (Å²) in [6.45, 7) is 9.82. The Hall–Kier alpha value is -0.0900. The SMILES string of the molecule is CCNC(=NCCCN(C)S(=O)(=O)CC)NC(C)CC.I. The lowest BCUT2D eigenvalue weighted by Crippen LogP contribution is -2.42. The third-order valence-corrected chi connectivity index (χ3v) is 4.94. The highest BCUT2D eigenvalue weighted by molar-refractivity contribution is 14.0. The van der Waals surface area contributed by atoms with Gasteiger partial charge in [0.25, 0.3) is 0 Å². The van der Waals surface area contributed by atoms with E-state index in [-0.39, 0.29) is 29.7 Å². The molecule has 0 aromatic carbocycles. The van der Waals surface area contributed by atoms with E-state index >= 15 is 0 Å². The first-order valence-electron chi connectivity index (χ1n) is 7.36. The molecule has 0 radical (unpaired) electrons. The molecule has 1 unspecified atom stereocenters. The third kappa shape index (κ3) is 10.3. The first kappa shape index (κ1) is 23.2. The molecular formula is C13H31IN4O2S. The van der Waals surface area contributed by atoms with Crippen molar-refractivity contribution in [2.45, 2.75) is 46.6 Å². The van der Waals surface area contributed by atoms with E-state index in [0.29, 0.717) is 25.6 Å². The summed E-state index contributed by atoms with van der Waals surface area (Å²) in [7, 11) is -1.46. The Kier molecular flexibility index (Phi) is 13.7. The van der Waals surface area contributed by atoms with Crippen molar-refractivity contribution in [2.24, 2.45) is 4.99 Å². The molecule has 2 N–H and O–H groups in total. The van der Waals surface area contributed by atoms with E-state index in [1.54, 1.807) is 14.0 Å². The van der Waals surface area contributed by atoms with Gasteiger partial charge in [0.05, 0.1) is 5.75 Å². The molecule has 1 atom stereocenters. The number of aliphatic imine (C=N–C) groups is 1. The van der Waals surface area contributed by atoms with Gasteiger partial charge in [-0.3, -0.25) is 4.99 Å². The molecule has 21 heavy (non-hydrogen) atoms. The van der Waals surface area contributed by atoms with Crippen molar-refractivity contribution < 1.29 is 8.42 Å². The molecule has 8 heteroatoms. The van der Waals surface area contributed by atoms with Gasteiger partial charge < -0.3 is 10.6 Å². The predicted octanol–water partition coefficient (Wildman–Crippen LogP) is 1.63. The number of nitrogens with one attached hydrogen (secondary N) is 2. The Morgan fingerprint density at radius 2 is 1.90 bits per heavy atom. The number of sulfonamides is 1. The maximum absolute atomic E-state index is 11.6. The highest BCUT2D eigenvalue weighted by atomic mass is 127. The van der Waals surface area contributed by atoms with Crippen LogP contribution in [-0.2, 0) is 10.0 Å². The van der Waals surface area contributed by atoms with Gasteiger partial charge in [0.15, 0.2) is 5.96 Å². The van der Waals surface area contributed by atoms with Crippen LogP contribution in [0.2, 0.25) is 0 Å². The molecule has 0 spiro atoms. The van der Waals surface area contributed by atoms with Gasteiger partial charge in [-0.2, -0.15) is 0 Å². The lowest BCUT2D eigenvalue weighted by molar-refractivity contribution is 0.464. The van der Waals surface area contributed by atoms with Crippen LogP contribution < -0.4 is 10.6 Å². The summed E-state index contributed by atoms with van der Waals surface area (Å²) in [4.78, 5) is 4.45. The van der Waals surface area contributed by atoms with Crippen LogP contribution in [0.25, 0.3) is 0 Å². The minimum absolute atomic E-state index is 0. The number of nitrogens with zero attached hydrogens (tertiary/aromatic N) is 2. The zero-order valence-electron chi connectivity index (χ0n) is 13.8. The van der Waals surface area contributed by atoms with Gasteiger partial charge in [0, 0.05) is 32.7 Å². The Morgan fingerprint density at radius 3 is 2.38 bits per heavy atom. The summed E-state index contributed by atoms with van der Waals surface area (Å²) in [5.74, 6) is 0.938. The molecular weight excluding hydrogens is 403 g/mol. The minimum atomic E-state index is -3.08. The van der Waals surface area contributed by atoms with Crippen molar-refractivity contribution in [3.63, 3.8) is 0 Å². The quantitative estimate of drug-likeness (QED) is 0.251. The van der Waals surface area contributed by atoms with Crippen LogP contribution in [0.5, 0.6) is 0 Å². The number of hydrogen-bond acceptors (Lipinski definition) is 3. The fourth-order valence-electron chi connectivity index (χ4n) is 1.50. The lowest BCUT2D eigenvalue weighted by Gasteiger charge is -2.17. The van der Waals surface area contributed by atoms with Crippen LogP contribution in [-0.4, -0.2) is 57.2 Å². The standard InChI is InChI=1S/C13H30N4O2S.HI/c1-6-12(4)16-13(14-7-2)15-10-9-11-17(5)20(18,19)8-3;/h12H,6-11H2,1-5H3,(H2,14,15,16);1H. The molecule has 0 fully saturated rings. The average molecular weight is 434 g/mol. The molecule has 0 aliphatic rings. The first-order chi connectivity index (χ1) is 9.37. The number of hydrogen-bond donors (Lipinski definition) is 2. The summed E-state index contributed by atoms with van der Waals surface area (Å²) >= 11 is 0. The van der Waals surface area contributed by atoms with Crippen LogP contribution in [0.1, 0.15) is 40.5 Å². The summed E-state index contributed by atoms with van der Waals surface area (Å²) in [6.07, 6.45) is 1.74. The van der Waals surface area contributed by atoms with E-state index in [2.05, 4.69) is 29.5 Å². The normalized spacial score (nSPS) is 13.7. The molecule has 0 saturated heterocycles. The van der Waals surface area contributed by atoms with E-state index in [1.807, 2.05) is 6.92 Å². The average Bonchev–Trinajstić information content (AvgIpc) is 2.42. The molecule has 0 aromatic rings. The third-order valence-electron chi connectivity index (χ3n) is 3.08. The fourth-order valence-corrected chi connectivity index (χ4v) is 2.35. The van der Waals surface area contributed by atoms with Crippen molar-refractivity contribution >= 4 is 40.0 Å². The van der Waals surface area contributed by atoms with E-state index in [1.165, 1.54) is 4.31 Å². The van der Waals surface area contributed by atoms with E-state index < -0.39 is 10.0 Å². The minimum Gasteiger partial charge on any atom is -0.357 e. The lowest BCUT2D eigenvalue weighted by atomic mass is 10.3. The Balaban J connectivity index is 0. The fraction of sp³-hybridized carbons (Fsp3) is 0.923. The van der Waals surface area contributed by atoms with Gasteiger partial charge in [-0.05, 0) is 33.6 Å². The van der Waals surface area contributed by atoms with Gasteiger partial charge in [-0.1, -0.05) is 6.92 Å². The number of guanidine groups is 1. The van der Waals surface area contributed by atoms with Crippen LogP contribution in [0.3, 0.4) is 0 Å². The first-order valence-corrected chi connectivity index (χ1v) is 8.97. The van der Waals surface area contributed by atoms with Gasteiger partial charge in [-0.25, -0.2) is 12.7 Å². The number of rotatable bonds is 9. The van der Waals surface area contributed by atoms with Crippen LogP contribution in [0.15, 0.2) is 4.99 Å². The van der Waals surface area contributed by atoms with Crippen molar-refractivity contribution in [2.75, 3.05) is 32.4 Å². The topological polar surface area (TPSA) is 73.8 Å². The predicted molar refractivity (Wildman–Crippen MR) is 101 cm³/mol. The van der Waals surface area contributed by atoms with E-state index in [0.717, 1.165) is 18.9 Å². The second kappa shape index (κ2) is 12.5. The Labute approximate surface area is 147 Å². The summed E-state index contributed by atoms with van der Waals surface area (Å²) in [5, 5.41) is 6.49. The van der Waals surface area contributed by atoms with Gasteiger partial charge >= 0.3 is 0 Å². The monoisotopic (exact) mass is 434 g/mol. The van der Waals surface area contributed by atoms with Crippen molar-refractivity contribution in [3.05, 3.63) is 0 Å². The van der Waals surface area contributed by atoms with E-state index in [4.69, 9.17) is 0 Å². The van der Waals surface area contributed by atoms with Crippen molar-refractivity contribution in [1.82, 2.24) is 14.9 Å². The molecule has 0 rings (SSSR count). The molecule has 0 amide bonds. The van der Waals surface area contributed by atoms with Gasteiger partial charge in [-0.15, -0.1) is 24.0 Å². The van der Waals surface area contributed by atoms with Crippen LogP contribution in [0, 0.1) is 0 Å². The van der Waals surface area contributed by atoms with Gasteiger partial charge in [0.2, 0.25) is 10.0 Å². The van der Waals surface area contributed by atoms with Crippen LogP contribution >= 0.6 is 24.0 Å². The zero-order valence-corrected chi connectivity index (χ0v) is 17.0. The van der Waals surface area contributed by atoms with E-state index in [9.17, 15) is 8.42 Å². The largest absolute Gasteiger partial charge is 0.357 e. The molecule has 0 aliphatic carbocycles. The van der Waals surface area contributed by atoms with Crippen molar-refractivity contribution in [3.8, 4) is 0 Å². The maximum atomic E-state index is 11.6. The van der Waals surface area contributed by atoms with Crippen molar-refractivity contribution in [1.29, 1.82) is 0 Å². The summed E-state index contributed by atoms with van der Waals surface area (Å²) in [5.41, 5.74) is 0. The molecule has 0 heterocycles. The molecule has 0 saturated carbocycles. The van der Waals surface area contributed by atoms with Gasteiger partial charge in [0.1, 0.15) is 0 Å². The van der Waals surface area contributed by atoms with Crippen LogP contribution in [0.4, 0.5) is 0 Å². The summed E-state index contributed by atoms with van der Waals surface area (Å²) < 4.78 is 24.6. The Morgan fingerprint density at radius 1 is 1.29 bits per heavy atom. The molecule has 6 nitrogen and oxygen atoms in total. The molecule has 0 bridgehead atoms. The molecule has 0 aromatic heterocycles. The highest BCUT2D eigenvalue weighted by Gasteiger charge is 2.13. The highest BCUT2D eigenvalue weighted by Crippen LogP contribution is 1.99. The second-order valence-electron chi connectivity index (χ2n) is 4.79. The molecule has 128 valence electrons. The zero-order chi connectivity index (χ0) is 15.6. The number of halogens is 1. The smallest absolute Gasteiger partial charge is 0.213 e.